The van der Waals surface area contributed by atoms with Crippen LogP contribution in [0.3, 0.4) is 0 Å². The van der Waals surface area contributed by atoms with Gasteiger partial charge in [0.25, 0.3) is 5.91 Å². The number of para-hydroxylation sites is 1. The van der Waals surface area contributed by atoms with E-state index in [0.717, 1.165) is 16.8 Å². The molecule has 2 atom stereocenters. The lowest BCUT2D eigenvalue weighted by molar-refractivity contribution is -0.125. The van der Waals surface area contributed by atoms with Crippen molar-refractivity contribution in [2.24, 2.45) is 15.9 Å². The topological polar surface area (TPSA) is 74.1 Å². The summed E-state index contributed by atoms with van der Waals surface area (Å²) in [6.45, 7) is 6.51. The fraction of sp³-hybridized carbons (Fsp3) is 0.360. The summed E-state index contributed by atoms with van der Waals surface area (Å²) >= 11 is 7.21. The maximum absolute atomic E-state index is 13.2. The molecule has 2 amide bonds. The number of hydrogen-bond acceptors (Lipinski definition) is 5. The number of amides is 2. The van der Waals surface area contributed by atoms with Gasteiger partial charge < -0.3 is 5.32 Å². The predicted molar refractivity (Wildman–Crippen MR) is 135 cm³/mol. The summed E-state index contributed by atoms with van der Waals surface area (Å²) in [5.74, 6) is 0.807. The molecule has 0 fully saturated rings. The average molecular weight is 483 g/mol. The van der Waals surface area contributed by atoms with E-state index >= 15 is 0 Å². The minimum atomic E-state index is -0.419. The molecule has 6 nitrogen and oxygen atoms in total. The average Bonchev–Trinajstić information content (AvgIpc) is 3.11. The summed E-state index contributed by atoms with van der Waals surface area (Å²) < 4.78 is 0. The highest BCUT2D eigenvalue weighted by molar-refractivity contribution is 8.15. The Morgan fingerprint density at radius 1 is 1.15 bits per heavy atom. The van der Waals surface area contributed by atoms with Crippen molar-refractivity contribution < 1.29 is 9.59 Å². The van der Waals surface area contributed by atoms with E-state index in [-0.39, 0.29) is 11.8 Å². The third-order valence-electron chi connectivity index (χ3n) is 5.52. The van der Waals surface area contributed by atoms with E-state index in [2.05, 4.69) is 19.2 Å². The second-order valence-corrected chi connectivity index (χ2v) is 10.4. The van der Waals surface area contributed by atoms with Gasteiger partial charge in [-0.2, -0.15) is 0 Å². The molecule has 172 valence electrons. The third kappa shape index (κ3) is 5.31. The molecule has 0 aliphatic carbocycles. The number of thioether (sulfide) groups is 1. The van der Waals surface area contributed by atoms with Crippen LogP contribution in [0.1, 0.15) is 38.3 Å². The van der Waals surface area contributed by atoms with Crippen molar-refractivity contribution >= 4 is 51.9 Å². The molecule has 0 aromatic heterocycles. The van der Waals surface area contributed by atoms with Crippen molar-refractivity contribution in [2.75, 3.05) is 6.54 Å². The monoisotopic (exact) mass is 482 g/mol. The molecular weight excluding hydrogens is 456 g/mol. The van der Waals surface area contributed by atoms with E-state index in [0.29, 0.717) is 41.3 Å². The molecule has 4 rings (SSSR count). The molecule has 2 aliphatic heterocycles. The van der Waals surface area contributed by atoms with Crippen molar-refractivity contribution in [3.63, 3.8) is 0 Å². The van der Waals surface area contributed by atoms with E-state index in [1.165, 1.54) is 11.8 Å². The Bertz CT molecular complexity index is 1110. The van der Waals surface area contributed by atoms with Crippen LogP contribution in [-0.4, -0.2) is 45.6 Å². The van der Waals surface area contributed by atoms with Gasteiger partial charge in [-0.3, -0.25) is 14.6 Å². The number of halogens is 1. The molecule has 0 saturated heterocycles. The van der Waals surface area contributed by atoms with Crippen LogP contribution in [0.5, 0.6) is 0 Å². The van der Waals surface area contributed by atoms with E-state index in [4.69, 9.17) is 21.6 Å². The van der Waals surface area contributed by atoms with Gasteiger partial charge in [0.1, 0.15) is 11.9 Å². The number of benzene rings is 2. The van der Waals surface area contributed by atoms with Gasteiger partial charge in [0.15, 0.2) is 5.17 Å². The summed E-state index contributed by atoms with van der Waals surface area (Å²) in [7, 11) is 0. The first kappa shape index (κ1) is 23.5. The van der Waals surface area contributed by atoms with Crippen LogP contribution in [0.25, 0.3) is 0 Å². The van der Waals surface area contributed by atoms with Gasteiger partial charge in [0, 0.05) is 17.1 Å². The molecule has 0 radical (unpaired) electrons. The Morgan fingerprint density at radius 3 is 2.61 bits per heavy atom. The van der Waals surface area contributed by atoms with E-state index in [9.17, 15) is 9.59 Å². The SMILES string of the molecule is CC(C)C[C@H]1N=C2c3ccccc3N=C(S[C@H](C)C(=O)NCCc3ccc(Cl)cc3)N2C1=O. The first-order valence-electron chi connectivity index (χ1n) is 11.1. The summed E-state index contributed by atoms with van der Waals surface area (Å²) in [5.41, 5.74) is 2.72. The molecule has 2 aromatic rings. The smallest absolute Gasteiger partial charge is 0.259 e. The van der Waals surface area contributed by atoms with Crippen LogP contribution in [-0.2, 0) is 16.0 Å². The predicted octanol–water partition coefficient (Wildman–Crippen LogP) is 4.83. The first-order chi connectivity index (χ1) is 15.8. The molecule has 33 heavy (non-hydrogen) atoms. The van der Waals surface area contributed by atoms with Gasteiger partial charge >= 0.3 is 0 Å². The van der Waals surface area contributed by atoms with Crippen molar-refractivity contribution in [3.05, 3.63) is 64.7 Å². The molecule has 0 unspecified atom stereocenters. The van der Waals surface area contributed by atoms with Crippen LogP contribution in [0, 0.1) is 5.92 Å². The van der Waals surface area contributed by atoms with Gasteiger partial charge in [0.2, 0.25) is 5.91 Å². The van der Waals surface area contributed by atoms with Gasteiger partial charge in [-0.25, -0.2) is 9.89 Å². The lowest BCUT2D eigenvalue weighted by atomic mass is 10.0. The summed E-state index contributed by atoms with van der Waals surface area (Å²) in [6.07, 6.45) is 1.40. The Kier molecular flexibility index (Phi) is 7.20. The zero-order chi connectivity index (χ0) is 23.5. The first-order valence-corrected chi connectivity index (χ1v) is 12.4. The highest BCUT2D eigenvalue weighted by atomic mass is 35.5. The Hall–Kier alpha value is -2.64. The van der Waals surface area contributed by atoms with Crippen LogP contribution >= 0.6 is 23.4 Å². The number of nitrogens with zero attached hydrogens (tertiary/aromatic N) is 3. The fourth-order valence-corrected chi connectivity index (χ4v) is 4.88. The van der Waals surface area contributed by atoms with Crippen LogP contribution in [0.2, 0.25) is 5.02 Å². The summed E-state index contributed by atoms with van der Waals surface area (Å²) in [4.78, 5) is 37.0. The van der Waals surface area contributed by atoms with Crippen LogP contribution in [0.4, 0.5) is 5.69 Å². The quantitative estimate of drug-likeness (QED) is 0.614. The van der Waals surface area contributed by atoms with Crippen molar-refractivity contribution in [1.29, 1.82) is 0 Å². The second kappa shape index (κ2) is 10.1. The largest absolute Gasteiger partial charge is 0.355 e. The number of amidine groups is 2. The molecule has 2 heterocycles. The van der Waals surface area contributed by atoms with E-state index in [1.807, 2.05) is 55.5 Å². The minimum absolute atomic E-state index is 0.0743. The fourth-order valence-electron chi connectivity index (χ4n) is 3.82. The summed E-state index contributed by atoms with van der Waals surface area (Å²) in [5, 5.41) is 3.76. The number of rotatable bonds is 7. The number of carbonyl (C=O) groups excluding carboxylic acids is 2. The van der Waals surface area contributed by atoms with Crippen molar-refractivity contribution in [3.8, 4) is 0 Å². The molecule has 0 bridgehead atoms. The summed E-state index contributed by atoms with van der Waals surface area (Å²) in [6, 6.07) is 14.9. The van der Waals surface area contributed by atoms with E-state index < -0.39 is 11.3 Å². The lowest BCUT2D eigenvalue weighted by Gasteiger charge is -2.27. The molecule has 0 saturated carbocycles. The van der Waals surface area contributed by atoms with Gasteiger partial charge in [0.05, 0.1) is 10.9 Å². The third-order valence-corrected chi connectivity index (χ3v) is 6.82. The highest BCUT2D eigenvalue weighted by Gasteiger charge is 2.42. The number of aliphatic imine (C=N–C) groups is 2. The molecule has 1 N–H and O–H groups in total. The van der Waals surface area contributed by atoms with Crippen molar-refractivity contribution in [2.45, 2.75) is 44.9 Å². The Morgan fingerprint density at radius 2 is 1.88 bits per heavy atom. The van der Waals surface area contributed by atoms with Crippen LogP contribution < -0.4 is 5.32 Å². The number of nitrogens with one attached hydrogen (secondary N) is 1. The van der Waals surface area contributed by atoms with Crippen LogP contribution in [0.15, 0.2) is 58.5 Å². The van der Waals surface area contributed by atoms with Gasteiger partial charge in [-0.05, 0) is 55.5 Å². The number of fused-ring (bicyclic) bond motifs is 3. The Balaban J connectivity index is 1.45. The second-order valence-electron chi connectivity index (χ2n) is 8.61. The highest BCUT2D eigenvalue weighted by Crippen LogP contribution is 2.35. The molecule has 2 aromatic carbocycles. The van der Waals surface area contributed by atoms with Gasteiger partial charge in [-0.1, -0.05) is 61.5 Å². The van der Waals surface area contributed by atoms with Crippen molar-refractivity contribution in [1.82, 2.24) is 10.2 Å². The standard InChI is InChI=1S/C25H27ClN4O2S/c1-15(2)14-21-24(32)30-22(28-21)19-6-4-5-7-20(19)29-25(30)33-16(3)23(31)27-13-12-17-8-10-18(26)11-9-17/h4-11,15-16,21H,12-14H2,1-3H3,(H,27,31)/t16-,21-/m1/s1. The normalized spacial score (nSPS) is 17.9. The lowest BCUT2D eigenvalue weighted by Crippen LogP contribution is -2.43. The maximum atomic E-state index is 13.2. The minimum Gasteiger partial charge on any atom is -0.355 e. The molecule has 0 spiro atoms. The number of carbonyl (C=O) groups is 2. The Labute approximate surface area is 203 Å². The molecular formula is C25H27ClN4O2S. The zero-order valence-corrected chi connectivity index (χ0v) is 20.5. The van der Waals surface area contributed by atoms with E-state index in [1.54, 1.807) is 4.90 Å². The number of hydrogen-bond donors (Lipinski definition) is 1. The van der Waals surface area contributed by atoms with Gasteiger partial charge in [-0.15, -0.1) is 0 Å². The zero-order valence-electron chi connectivity index (χ0n) is 18.9. The molecule has 8 heteroatoms. The maximum Gasteiger partial charge on any atom is 0.259 e. The molecule has 2 aliphatic rings.